The monoisotopic (exact) mass is 282 g/mol. The molecule has 0 saturated carbocycles. The minimum absolute atomic E-state index is 0.0841. The van der Waals surface area contributed by atoms with Gasteiger partial charge in [0.15, 0.2) is 0 Å². The Balaban J connectivity index is 2.63. The number of nitrogens with zero attached hydrogens (tertiary/aromatic N) is 1. The molecule has 1 N–H and O–H groups in total. The normalized spacial score (nSPS) is 11.6. The molecule has 3 nitrogen and oxygen atoms in total. The molecule has 108 valence electrons. The maximum Gasteiger partial charge on any atom is 0.142 e. The molecule has 19 heavy (non-hydrogen) atoms. The van der Waals surface area contributed by atoms with Crippen LogP contribution in [0, 0.1) is 6.92 Å². The van der Waals surface area contributed by atoms with Gasteiger partial charge in [0, 0.05) is 23.5 Å². The molecule has 0 radical (unpaired) electrons. The van der Waals surface area contributed by atoms with E-state index in [-0.39, 0.29) is 5.54 Å². The summed E-state index contributed by atoms with van der Waals surface area (Å²) in [5, 5.41) is 3.46. The van der Waals surface area contributed by atoms with Gasteiger partial charge in [0.25, 0.3) is 0 Å². The molecular formula is C15H26N2OS. The molecule has 1 aromatic heterocycles. The molecular weight excluding hydrogens is 256 g/mol. The molecule has 0 spiro atoms. The molecule has 0 aromatic carbocycles. The van der Waals surface area contributed by atoms with Gasteiger partial charge in [-0.3, -0.25) is 4.98 Å². The molecule has 0 atom stereocenters. The zero-order chi connectivity index (χ0) is 14.3. The fraction of sp³-hybridized carbons (Fsp3) is 0.667. The highest BCUT2D eigenvalue weighted by Crippen LogP contribution is 2.18. The van der Waals surface area contributed by atoms with Crippen LogP contribution in [0.3, 0.4) is 0 Å². The zero-order valence-corrected chi connectivity index (χ0v) is 13.6. The van der Waals surface area contributed by atoms with Crippen LogP contribution in [-0.4, -0.2) is 28.6 Å². The quantitative estimate of drug-likeness (QED) is 0.777. The smallest absolute Gasteiger partial charge is 0.142 e. The standard InChI is InChI=1S/C15H26N2OS/c1-6-19-10-9-18-14-8-7-12(2)17-13(14)11-16-15(3,4)5/h7-8,16H,6,9-11H2,1-5H3. The van der Waals surface area contributed by atoms with E-state index in [1.165, 1.54) is 0 Å². The Kier molecular flexibility index (Phi) is 6.66. The number of hydrogen-bond acceptors (Lipinski definition) is 4. The summed E-state index contributed by atoms with van der Waals surface area (Å²) in [5.41, 5.74) is 2.11. The Morgan fingerprint density at radius 1 is 1.32 bits per heavy atom. The predicted molar refractivity (Wildman–Crippen MR) is 84.1 cm³/mol. The molecule has 1 aromatic rings. The summed E-state index contributed by atoms with van der Waals surface area (Å²) in [6, 6.07) is 4.03. The first-order chi connectivity index (χ1) is 8.92. The molecule has 0 aliphatic heterocycles. The SMILES string of the molecule is CCSCCOc1ccc(C)nc1CNC(C)(C)C. The van der Waals surface area contributed by atoms with Crippen LogP contribution in [0.1, 0.15) is 39.1 Å². The molecule has 4 heteroatoms. The van der Waals surface area contributed by atoms with Crippen molar-refractivity contribution in [1.29, 1.82) is 0 Å². The molecule has 0 saturated heterocycles. The van der Waals surface area contributed by atoms with Crippen LogP contribution in [0.2, 0.25) is 0 Å². The highest BCUT2D eigenvalue weighted by atomic mass is 32.2. The summed E-state index contributed by atoms with van der Waals surface area (Å²) in [6.45, 7) is 12.1. The van der Waals surface area contributed by atoms with Crippen molar-refractivity contribution in [1.82, 2.24) is 10.3 Å². The van der Waals surface area contributed by atoms with Crippen molar-refractivity contribution in [3.63, 3.8) is 0 Å². The van der Waals surface area contributed by atoms with Crippen molar-refractivity contribution in [2.24, 2.45) is 0 Å². The Labute approximate surface area is 121 Å². The minimum atomic E-state index is 0.0841. The lowest BCUT2D eigenvalue weighted by Crippen LogP contribution is -2.35. The van der Waals surface area contributed by atoms with E-state index in [1.54, 1.807) is 0 Å². The second-order valence-corrected chi connectivity index (χ2v) is 6.94. The van der Waals surface area contributed by atoms with Crippen molar-refractivity contribution in [3.05, 3.63) is 23.5 Å². The Morgan fingerprint density at radius 3 is 2.68 bits per heavy atom. The molecule has 1 heterocycles. The van der Waals surface area contributed by atoms with Crippen LogP contribution in [0.4, 0.5) is 0 Å². The highest BCUT2D eigenvalue weighted by molar-refractivity contribution is 7.99. The third-order valence-corrected chi connectivity index (χ3v) is 3.41. The minimum Gasteiger partial charge on any atom is -0.491 e. The van der Waals surface area contributed by atoms with E-state index < -0.39 is 0 Å². The lowest BCUT2D eigenvalue weighted by Gasteiger charge is -2.21. The topological polar surface area (TPSA) is 34.1 Å². The van der Waals surface area contributed by atoms with Crippen molar-refractivity contribution < 1.29 is 4.74 Å². The highest BCUT2D eigenvalue weighted by Gasteiger charge is 2.12. The number of nitrogens with one attached hydrogen (secondary N) is 1. The number of aryl methyl sites for hydroxylation is 1. The van der Waals surface area contributed by atoms with Gasteiger partial charge in [-0.15, -0.1) is 0 Å². The van der Waals surface area contributed by atoms with Gasteiger partial charge in [-0.1, -0.05) is 6.92 Å². The van der Waals surface area contributed by atoms with Gasteiger partial charge in [0.1, 0.15) is 5.75 Å². The van der Waals surface area contributed by atoms with E-state index in [9.17, 15) is 0 Å². The van der Waals surface area contributed by atoms with Crippen LogP contribution in [0.25, 0.3) is 0 Å². The van der Waals surface area contributed by atoms with Gasteiger partial charge in [0.05, 0.1) is 12.3 Å². The first-order valence-corrected chi connectivity index (χ1v) is 8.00. The molecule has 0 unspecified atom stereocenters. The molecule has 0 fully saturated rings. The first-order valence-electron chi connectivity index (χ1n) is 6.84. The maximum atomic E-state index is 5.84. The number of aromatic nitrogens is 1. The van der Waals surface area contributed by atoms with Crippen LogP contribution >= 0.6 is 11.8 Å². The lowest BCUT2D eigenvalue weighted by molar-refractivity contribution is 0.332. The van der Waals surface area contributed by atoms with Crippen molar-refractivity contribution in [2.75, 3.05) is 18.1 Å². The Morgan fingerprint density at radius 2 is 2.05 bits per heavy atom. The number of rotatable bonds is 7. The number of ether oxygens (including phenoxy) is 1. The van der Waals surface area contributed by atoms with Gasteiger partial charge in [-0.2, -0.15) is 11.8 Å². The summed E-state index contributed by atoms with van der Waals surface area (Å²) < 4.78 is 5.84. The summed E-state index contributed by atoms with van der Waals surface area (Å²) in [5.74, 6) is 3.06. The average Bonchev–Trinajstić information content (AvgIpc) is 2.33. The van der Waals surface area contributed by atoms with E-state index in [4.69, 9.17) is 4.74 Å². The van der Waals surface area contributed by atoms with Crippen LogP contribution < -0.4 is 10.1 Å². The van der Waals surface area contributed by atoms with Gasteiger partial charge in [-0.05, 0) is 45.6 Å². The van der Waals surface area contributed by atoms with Crippen molar-refractivity contribution in [2.45, 2.75) is 46.7 Å². The summed E-state index contributed by atoms with van der Waals surface area (Å²) >= 11 is 1.89. The second-order valence-electron chi connectivity index (χ2n) is 5.55. The molecule has 0 aliphatic carbocycles. The first kappa shape index (κ1) is 16.3. The van der Waals surface area contributed by atoms with E-state index in [0.29, 0.717) is 0 Å². The van der Waals surface area contributed by atoms with E-state index in [1.807, 2.05) is 30.8 Å². The van der Waals surface area contributed by atoms with Crippen LogP contribution in [0.5, 0.6) is 5.75 Å². The largest absolute Gasteiger partial charge is 0.491 e. The summed E-state index contributed by atoms with van der Waals surface area (Å²) in [6.07, 6.45) is 0. The zero-order valence-electron chi connectivity index (χ0n) is 12.7. The average molecular weight is 282 g/mol. The molecule has 1 rings (SSSR count). The summed E-state index contributed by atoms with van der Waals surface area (Å²) in [4.78, 5) is 4.58. The lowest BCUT2D eigenvalue weighted by atomic mass is 10.1. The maximum absolute atomic E-state index is 5.84. The summed E-state index contributed by atoms with van der Waals surface area (Å²) in [7, 11) is 0. The van der Waals surface area contributed by atoms with Gasteiger partial charge < -0.3 is 10.1 Å². The molecule has 0 aliphatic rings. The van der Waals surface area contributed by atoms with Crippen molar-refractivity contribution in [3.8, 4) is 5.75 Å². The van der Waals surface area contributed by atoms with Gasteiger partial charge in [-0.25, -0.2) is 0 Å². The third kappa shape index (κ3) is 6.83. The van der Waals surface area contributed by atoms with E-state index >= 15 is 0 Å². The molecule has 0 amide bonds. The second kappa shape index (κ2) is 7.75. The van der Waals surface area contributed by atoms with Gasteiger partial charge >= 0.3 is 0 Å². The number of hydrogen-bond donors (Lipinski definition) is 1. The van der Waals surface area contributed by atoms with E-state index in [2.05, 4.69) is 38.0 Å². The van der Waals surface area contributed by atoms with Crippen LogP contribution in [-0.2, 0) is 6.54 Å². The fourth-order valence-electron chi connectivity index (χ4n) is 1.56. The predicted octanol–water partition coefficient (Wildman–Crippen LogP) is 3.41. The molecule has 0 bridgehead atoms. The van der Waals surface area contributed by atoms with E-state index in [0.717, 1.165) is 41.8 Å². The van der Waals surface area contributed by atoms with Gasteiger partial charge in [0.2, 0.25) is 0 Å². The number of pyridine rings is 1. The van der Waals surface area contributed by atoms with Crippen LogP contribution in [0.15, 0.2) is 12.1 Å². The third-order valence-electron chi connectivity index (χ3n) is 2.55. The fourth-order valence-corrected chi connectivity index (χ4v) is 2.05. The number of thioether (sulfide) groups is 1. The Bertz CT molecular complexity index is 388. The Hall–Kier alpha value is -0.740. The van der Waals surface area contributed by atoms with Crippen molar-refractivity contribution >= 4 is 11.8 Å².